The Bertz CT molecular complexity index is 92.2. The Balaban J connectivity index is 0. The van der Waals surface area contributed by atoms with Crippen molar-refractivity contribution in [2.24, 2.45) is 5.10 Å². The van der Waals surface area contributed by atoms with E-state index in [1.165, 1.54) is 0 Å². The van der Waals surface area contributed by atoms with Crippen LogP contribution in [0.25, 0.3) is 0 Å². The van der Waals surface area contributed by atoms with Gasteiger partial charge in [-0.25, -0.2) is 0 Å². The van der Waals surface area contributed by atoms with Crippen LogP contribution in [0, 0.1) is 0 Å². The molecule has 0 bridgehead atoms. The summed E-state index contributed by atoms with van der Waals surface area (Å²) in [6, 6.07) is 0. The standard InChI is InChI=1S/C7H16N2.C2H6/c1-6-9(8-5)7(2,3)4;1-2/h5-6H2,1-4H3;1-2H3. The third kappa shape index (κ3) is 5.89. The quantitative estimate of drug-likeness (QED) is 0.445. The summed E-state index contributed by atoms with van der Waals surface area (Å²) >= 11 is 0. The molecule has 0 radical (unpaired) electrons. The van der Waals surface area contributed by atoms with E-state index in [1.54, 1.807) is 0 Å². The molecule has 2 heteroatoms. The van der Waals surface area contributed by atoms with E-state index in [4.69, 9.17) is 0 Å². The Labute approximate surface area is 71.3 Å². The zero-order valence-corrected chi connectivity index (χ0v) is 8.81. The van der Waals surface area contributed by atoms with E-state index < -0.39 is 0 Å². The second-order valence-corrected chi connectivity index (χ2v) is 3.03. The lowest BCUT2D eigenvalue weighted by molar-refractivity contribution is 0.153. The van der Waals surface area contributed by atoms with E-state index in [0.29, 0.717) is 0 Å². The first-order valence-corrected chi connectivity index (χ1v) is 4.26. The molecule has 0 rings (SSSR count). The van der Waals surface area contributed by atoms with E-state index in [0.717, 1.165) is 6.54 Å². The molecule has 0 spiro atoms. The van der Waals surface area contributed by atoms with Gasteiger partial charge in [-0.05, 0) is 27.7 Å². The van der Waals surface area contributed by atoms with E-state index in [1.807, 2.05) is 18.9 Å². The van der Waals surface area contributed by atoms with Crippen molar-refractivity contribution in [2.75, 3.05) is 6.54 Å². The Kier molecular flexibility index (Phi) is 7.37. The van der Waals surface area contributed by atoms with Crippen molar-refractivity contribution in [3.05, 3.63) is 0 Å². The van der Waals surface area contributed by atoms with Gasteiger partial charge in [0.25, 0.3) is 0 Å². The maximum atomic E-state index is 3.86. The van der Waals surface area contributed by atoms with Gasteiger partial charge in [-0.1, -0.05) is 13.8 Å². The Hall–Kier alpha value is -0.530. The summed E-state index contributed by atoms with van der Waals surface area (Å²) < 4.78 is 0. The summed E-state index contributed by atoms with van der Waals surface area (Å²) in [4.78, 5) is 0. The van der Waals surface area contributed by atoms with Crippen molar-refractivity contribution < 1.29 is 0 Å². The lowest BCUT2D eigenvalue weighted by Crippen LogP contribution is -2.36. The maximum Gasteiger partial charge on any atom is 0.0494 e. The van der Waals surface area contributed by atoms with Gasteiger partial charge in [0, 0.05) is 18.8 Å². The summed E-state index contributed by atoms with van der Waals surface area (Å²) in [5.41, 5.74) is 0.122. The molecule has 0 aromatic heterocycles. The molecule has 0 aliphatic carbocycles. The molecular weight excluding hydrogens is 136 g/mol. The average Bonchev–Trinajstić information content (AvgIpc) is 1.92. The molecule has 0 atom stereocenters. The van der Waals surface area contributed by atoms with Crippen LogP contribution in [-0.4, -0.2) is 23.8 Å². The largest absolute Gasteiger partial charge is 0.293 e. The topological polar surface area (TPSA) is 15.6 Å². The Morgan fingerprint density at radius 1 is 1.27 bits per heavy atom. The Morgan fingerprint density at radius 3 is 1.64 bits per heavy atom. The molecule has 0 heterocycles. The number of hydrazone groups is 1. The molecule has 0 unspecified atom stereocenters. The number of hydrogen-bond donors (Lipinski definition) is 0. The highest BCUT2D eigenvalue weighted by Crippen LogP contribution is 2.11. The van der Waals surface area contributed by atoms with Crippen LogP contribution < -0.4 is 0 Å². The smallest absolute Gasteiger partial charge is 0.0494 e. The highest BCUT2D eigenvalue weighted by atomic mass is 15.5. The average molecular weight is 158 g/mol. The van der Waals surface area contributed by atoms with E-state index in [-0.39, 0.29) is 5.54 Å². The summed E-state index contributed by atoms with van der Waals surface area (Å²) in [5, 5.41) is 5.81. The van der Waals surface area contributed by atoms with Gasteiger partial charge in [-0.3, -0.25) is 5.01 Å². The number of hydrogen-bond acceptors (Lipinski definition) is 2. The predicted octanol–water partition coefficient (Wildman–Crippen LogP) is 2.75. The monoisotopic (exact) mass is 158 g/mol. The van der Waals surface area contributed by atoms with Crippen LogP contribution >= 0.6 is 0 Å². The molecule has 0 aromatic rings. The van der Waals surface area contributed by atoms with Gasteiger partial charge < -0.3 is 0 Å². The van der Waals surface area contributed by atoms with E-state index in [2.05, 4.69) is 39.5 Å². The predicted molar refractivity (Wildman–Crippen MR) is 53.0 cm³/mol. The van der Waals surface area contributed by atoms with Crippen LogP contribution in [0.2, 0.25) is 0 Å². The lowest BCUT2D eigenvalue weighted by atomic mass is 10.1. The first kappa shape index (κ1) is 13.1. The summed E-state index contributed by atoms with van der Waals surface area (Å²) in [6.07, 6.45) is 0. The first-order valence-electron chi connectivity index (χ1n) is 4.26. The number of rotatable bonds is 2. The van der Waals surface area contributed by atoms with Crippen LogP contribution in [0.5, 0.6) is 0 Å². The molecule has 0 saturated carbocycles. The van der Waals surface area contributed by atoms with Crippen LogP contribution in [0.3, 0.4) is 0 Å². The molecule has 0 N–H and O–H groups in total. The maximum absolute atomic E-state index is 3.86. The highest BCUT2D eigenvalue weighted by molar-refractivity contribution is 5.22. The van der Waals surface area contributed by atoms with Crippen molar-refractivity contribution in [1.29, 1.82) is 0 Å². The highest BCUT2D eigenvalue weighted by Gasteiger charge is 2.15. The van der Waals surface area contributed by atoms with Gasteiger partial charge in [-0.2, -0.15) is 5.10 Å². The third-order valence-electron chi connectivity index (χ3n) is 1.24. The van der Waals surface area contributed by atoms with Crippen molar-refractivity contribution >= 4 is 6.72 Å². The van der Waals surface area contributed by atoms with Gasteiger partial charge in [0.15, 0.2) is 0 Å². The van der Waals surface area contributed by atoms with Crippen LogP contribution in [0.4, 0.5) is 0 Å². The summed E-state index contributed by atoms with van der Waals surface area (Å²) in [5.74, 6) is 0. The minimum absolute atomic E-state index is 0.122. The summed E-state index contributed by atoms with van der Waals surface area (Å²) in [6.45, 7) is 16.8. The molecule has 68 valence electrons. The van der Waals surface area contributed by atoms with Gasteiger partial charge >= 0.3 is 0 Å². The fourth-order valence-electron chi connectivity index (χ4n) is 0.786. The molecule has 11 heavy (non-hydrogen) atoms. The van der Waals surface area contributed by atoms with Crippen molar-refractivity contribution in [3.8, 4) is 0 Å². The first-order chi connectivity index (χ1) is 5.02. The van der Waals surface area contributed by atoms with E-state index >= 15 is 0 Å². The second-order valence-electron chi connectivity index (χ2n) is 3.03. The van der Waals surface area contributed by atoms with Gasteiger partial charge in [-0.15, -0.1) is 0 Å². The van der Waals surface area contributed by atoms with Crippen LogP contribution in [-0.2, 0) is 0 Å². The molecule has 0 aromatic carbocycles. The van der Waals surface area contributed by atoms with E-state index in [9.17, 15) is 0 Å². The summed E-state index contributed by atoms with van der Waals surface area (Å²) in [7, 11) is 0. The SMILES string of the molecule is C=NN(CC)C(C)(C)C.CC. The molecule has 0 aliphatic rings. The normalized spacial score (nSPS) is 9.64. The Morgan fingerprint density at radius 2 is 1.64 bits per heavy atom. The minimum Gasteiger partial charge on any atom is -0.293 e. The molecular formula is C9H22N2. The zero-order chi connectivity index (χ0) is 9.49. The minimum atomic E-state index is 0.122. The molecule has 0 saturated heterocycles. The van der Waals surface area contributed by atoms with Gasteiger partial charge in [0.1, 0.15) is 0 Å². The van der Waals surface area contributed by atoms with Crippen molar-refractivity contribution in [1.82, 2.24) is 5.01 Å². The number of nitrogens with zero attached hydrogens (tertiary/aromatic N) is 2. The van der Waals surface area contributed by atoms with Crippen LogP contribution in [0.1, 0.15) is 41.5 Å². The molecule has 0 amide bonds. The molecule has 2 nitrogen and oxygen atoms in total. The fraction of sp³-hybridized carbons (Fsp3) is 0.889. The molecule has 0 aliphatic heterocycles. The van der Waals surface area contributed by atoms with Crippen molar-refractivity contribution in [2.45, 2.75) is 47.1 Å². The van der Waals surface area contributed by atoms with Crippen molar-refractivity contribution in [3.63, 3.8) is 0 Å². The molecule has 0 fully saturated rings. The fourth-order valence-corrected chi connectivity index (χ4v) is 0.786. The zero-order valence-electron chi connectivity index (χ0n) is 8.81. The van der Waals surface area contributed by atoms with Gasteiger partial charge in [0.2, 0.25) is 0 Å². The van der Waals surface area contributed by atoms with Crippen LogP contribution in [0.15, 0.2) is 5.10 Å². The second kappa shape index (κ2) is 6.20. The van der Waals surface area contributed by atoms with Gasteiger partial charge in [0.05, 0.1) is 0 Å². The lowest BCUT2D eigenvalue weighted by Gasteiger charge is -2.31. The third-order valence-corrected chi connectivity index (χ3v) is 1.24.